The van der Waals surface area contributed by atoms with E-state index in [9.17, 15) is 24.3 Å². The molecule has 2 saturated carbocycles. The number of aliphatic hydroxyl groups excluding tert-OH is 1. The first-order valence-electron chi connectivity index (χ1n) is 12.5. The first-order valence-corrected chi connectivity index (χ1v) is 12.5. The fraction of sp³-hybridized carbons (Fsp3) is 0.833. The van der Waals surface area contributed by atoms with Gasteiger partial charge < -0.3 is 20.6 Å². The predicted octanol–water partition coefficient (Wildman–Crippen LogP) is 1.25. The van der Waals surface area contributed by atoms with Gasteiger partial charge in [0, 0.05) is 12.5 Å². The van der Waals surface area contributed by atoms with Crippen LogP contribution < -0.4 is 10.6 Å². The van der Waals surface area contributed by atoms with Crippen molar-refractivity contribution < 1.29 is 24.3 Å². The van der Waals surface area contributed by atoms with Crippen molar-refractivity contribution in [3.63, 3.8) is 0 Å². The zero-order valence-electron chi connectivity index (χ0n) is 20.2. The van der Waals surface area contributed by atoms with Gasteiger partial charge in [-0.05, 0) is 43.9 Å². The number of imide groups is 1. The number of nitrogens with zero attached hydrogens (tertiary/aromatic N) is 2. The summed E-state index contributed by atoms with van der Waals surface area (Å²) in [6, 6.07) is -2.21. The zero-order chi connectivity index (χ0) is 24.1. The van der Waals surface area contributed by atoms with Crippen molar-refractivity contribution in [2.75, 3.05) is 13.2 Å². The number of fused-ring (bicyclic) bond motifs is 2. The molecule has 2 aliphatic heterocycles. The minimum atomic E-state index is -0.754. The summed E-state index contributed by atoms with van der Waals surface area (Å²) >= 11 is 0. The van der Waals surface area contributed by atoms with E-state index in [0.29, 0.717) is 25.8 Å². The van der Waals surface area contributed by atoms with E-state index >= 15 is 0 Å². The number of carbonyl (C=O) groups is 4. The summed E-state index contributed by atoms with van der Waals surface area (Å²) in [5.74, 6) is -0.498. The third-order valence-corrected chi connectivity index (χ3v) is 8.14. The number of likely N-dealkylation sites (tertiary alicyclic amines) is 2. The van der Waals surface area contributed by atoms with Crippen molar-refractivity contribution in [2.24, 2.45) is 23.2 Å². The second kappa shape index (κ2) is 8.89. The molecule has 0 aromatic rings. The molecule has 0 aromatic heterocycles. The van der Waals surface area contributed by atoms with E-state index in [-0.39, 0.29) is 54.2 Å². The van der Waals surface area contributed by atoms with Gasteiger partial charge in [-0.3, -0.25) is 19.3 Å². The van der Waals surface area contributed by atoms with Crippen LogP contribution in [0, 0.1) is 23.2 Å². The van der Waals surface area contributed by atoms with Gasteiger partial charge in [0.2, 0.25) is 17.7 Å². The minimum Gasteiger partial charge on any atom is -0.394 e. The second-order valence-corrected chi connectivity index (χ2v) is 11.0. The maximum Gasteiger partial charge on any atom is 0.315 e. The van der Waals surface area contributed by atoms with Crippen LogP contribution in [0.15, 0.2) is 0 Å². The maximum absolute atomic E-state index is 13.7. The number of amides is 5. The van der Waals surface area contributed by atoms with E-state index in [4.69, 9.17) is 0 Å². The van der Waals surface area contributed by atoms with Crippen LogP contribution in [0.4, 0.5) is 4.79 Å². The topological polar surface area (TPSA) is 119 Å². The smallest absolute Gasteiger partial charge is 0.315 e. The molecular weight excluding hydrogens is 424 g/mol. The van der Waals surface area contributed by atoms with E-state index in [1.165, 1.54) is 4.90 Å². The highest BCUT2D eigenvalue weighted by molar-refractivity contribution is 6.04. The summed E-state index contributed by atoms with van der Waals surface area (Å²) in [5.41, 5.74) is -0.648. The molecule has 1 spiro atoms. The number of carbonyl (C=O) groups excluding carboxylic acids is 4. The van der Waals surface area contributed by atoms with Gasteiger partial charge in [0.15, 0.2) is 0 Å². The van der Waals surface area contributed by atoms with Crippen LogP contribution in [-0.4, -0.2) is 76.0 Å². The average Bonchev–Trinajstić information content (AvgIpc) is 3.44. The number of aliphatic hydroxyl groups is 1. The Kier molecular flexibility index (Phi) is 6.46. The normalized spacial score (nSPS) is 27.5. The summed E-state index contributed by atoms with van der Waals surface area (Å²) in [6.45, 7) is 7.86. The van der Waals surface area contributed by atoms with E-state index < -0.39 is 23.5 Å². The van der Waals surface area contributed by atoms with E-state index in [1.807, 2.05) is 27.7 Å². The van der Waals surface area contributed by atoms with E-state index in [2.05, 4.69) is 10.6 Å². The Morgan fingerprint density at radius 1 is 1.06 bits per heavy atom. The molecule has 2 aliphatic carbocycles. The molecule has 33 heavy (non-hydrogen) atoms. The highest BCUT2D eigenvalue weighted by atomic mass is 16.3. The molecule has 9 heteroatoms. The van der Waals surface area contributed by atoms with Crippen LogP contribution in [0.1, 0.15) is 66.2 Å². The van der Waals surface area contributed by atoms with Crippen LogP contribution in [-0.2, 0) is 14.4 Å². The molecule has 4 aliphatic rings. The molecule has 0 bridgehead atoms. The molecule has 3 N–H and O–H groups in total. The number of urea groups is 1. The largest absolute Gasteiger partial charge is 0.394 e. The Balaban J connectivity index is 1.52. The van der Waals surface area contributed by atoms with Crippen LogP contribution in [0.2, 0.25) is 0 Å². The Bertz CT molecular complexity index is 820. The molecule has 4 rings (SSSR count). The van der Waals surface area contributed by atoms with Crippen molar-refractivity contribution in [2.45, 2.75) is 90.4 Å². The summed E-state index contributed by atoms with van der Waals surface area (Å²) in [7, 11) is 0. The Hall–Kier alpha value is -2.16. The van der Waals surface area contributed by atoms with Crippen LogP contribution in [0.3, 0.4) is 0 Å². The SMILES string of the molecule is CC(C)[C@H](NC(=O)N[C@H](CO)C(C)C)C(=O)N1CC[C@H]2[C@H]1C1(CCC1)C(=O)N2C(=O)C1CC1. The van der Waals surface area contributed by atoms with Crippen molar-refractivity contribution in [1.82, 2.24) is 20.4 Å². The van der Waals surface area contributed by atoms with Crippen LogP contribution in [0.25, 0.3) is 0 Å². The van der Waals surface area contributed by atoms with Gasteiger partial charge in [-0.25, -0.2) is 4.79 Å². The second-order valence-electron chi connectivity index (χ2n) is 11.0. The molecule has 0 unspecified atom stereocenters. The zero-order valence-corrected chi connectivity index (χ0v) is 20.2. The molecule has 5 amide bonds. The van der Waals surface area contributed by atoms with Gasteiger partial charge in [0.05, 0.1) is 30.1 Å². The summed E-state index contributed by atoms with van der Waals surface area (Å²) in [4.78, 5) is 56.0. The van der Waals surface area contributed by atoms with Crippen molar-refractivity contribution in [1.29, 1.82) is 0 Å². The lowest BCUT2D eigenvalue weighted by Gasteiger charge is -2.44. The van der Waals surface area contributed by atoms with Crippen molar-refractivity contribution in [3.05, 3.63) is 0 Å². The van der Waals surface area contributed by atoms with Crippen LogP contribution in [0.5, 0.6) is 0 Å². The van der Waals surface area contributed by atoms with Crippen molar-refractivity contribution in [3.8, 4) is 0 Å². The average molecular weight is 463 g/mol. The predicted molar refractivity (Wildman–Crippen MR) is 121 cm³/mol. The minimum absolute atomic E-state index is 0.0382. The first-order chi connectivity index (χ1) is 15.6. The number of hydrogen-bond donors (Lipinski definition) is 3. The molecule has 184 valence electrons. The summed E-state index contributed by atoms with van der Waals surface area (Å²) < 4.78 is 0. The molecule has 4 fully saturated rings. The molecule has 9 nitrogen and oxygen atoms in total. The maximum atomic E-state index is 13.7. The van der Waals surface area contributed by atoms with Gasteiger partial charge in [-0.1, -0.05) is 34.1 Å². The number of nitrogens with one attached hydrogen (secondary N) is 2. The lowest BCUT2D eigenvalue weighted by Crippen LogP contribution is -2.60. The molecule has 2 saturated heterocycles. The fourth-order valence-electron chi connectivity index (χ4n) is 5.80. The third kappa shape index (κ3) is 4.02. The van der Waals surface area contributed by atoms with Crippen molar-refractivity contribution >= 4 is 23.8 Å². The molecule has 2 heterocycles. The fourth-order valence-corrected chi connectivity index (χ4v) is 5.80. The number of rotatable bonds is 7. The molecule has 4 atom stereocenters. The van der Waals surface area contributed by atoms with Gasteiger partial charge in [-0.2, -0.15) is 0 Å². The highest BCUT2D eigenvalue weighted by Gasteiger charge is 2.68. The Morgan fingerprint density at radius 3 is 2.21 bits per heavy atom. The van der Waals surface area contributed by atoms with Gasteiger partial charge in [0.1, 0.15) is 6.04 Å². The lowest BCUT2D eigenvalue weighted by molar-refractivity contribution is -0.152. The van der Waals surface area contributed by atoms with Gasteiger partial charge in [0.25, 0.3) is 0 Å². The Labute approximate surface area is 195 Å². The van der Waals surface area contributed by atoms with Gasteiger partial charge in [-0.15, -0.1) is 0 Å². The first kappa shape index (κ1) is 24.0. The quantitative estimate of drug-likeness (QED) is 0.492. The monoisotopic (exact) mass is 462 g/mol. The van der Waals surface area contributed by atoms with Crippen LogP contribution >= 0.6 is 0 Å². The molecule has 0 aromatic carbocycles. The standard InChI is InChI=1S/C24H38N4O5/c1-13(2)16(12-29)25-23(33)26-18(14(3)4)21(31)27-11-8-17-19(27)24(9-5-10-24)22(32)28(17)20(30)15-6-7-15/h13-19,29H,5-12H2,1-4H3,(H2,25,26,33)/t16-,17+,18+,19+/m1/s1. The molecule has 0 radical (unpaired) electrons. The summed E-state index contributed by atoms with van der Waals surface area (Å²) in [6.07, 6.45) is 4.62. The third-order valence-electron chi connectivity index (χ3n) is 8.14. The number of hydrogen-bond acceptors (Lipinski definition) is 5. The Morgan fingerprint density at radius 2 is 1.73 bits per heavy atom. The highest BCUT2D eigenvalue weighted by Crippen LogP contribution is 2.56. The lowest BCUT2D eigenvalue weighted by atomic mass is 9.64. The van der Waals surface area contributed by atoms with Gasteiger partial charge >= 0.3 is 6.03 Å². The summed E-state index contributed by atoms with van der Waals surface area (Å²) in [5, 5.41) is 15.1. The van der Waals surface area contributed by atoms with E-state index in [1.54, 1.807) is 4.90 Å². The van der Waals surface area contributed by atoms with E-state index in [0.717, 1.165) is 19.3 Å². The molecular formula is C24H38N4O5.